The predicted molar refractivity (Wildman–Crippen MR) is 105 cm³/mol. The van der Waals surface area contributed by atoms with E-state index in [-0.39, 0.29) is 19.9 Å². The fraction of sp³-hybridized carbons (Fsp3) is 0.350. The van der Waals surface area contributed by atoms with Crippen LogP contribution >= 0.6 is 0 Å². The summed E-state index contributed by atoms with van der Waals surface area (Å²) in [5.41, 5.74) is 6.10. The number of hydrogen-bond acceptors (Lipinski definition) is 5. The average molecular weight is 387 g/mol. The van der Waals surface area contributed by atoms with Gasteiger partial charge in [0.05, 0.1) is 18.8 Å². The molecule has 150 valence electrons. The molecule has 1 atom stereocenters. The molecule has 0 fully saturated rings. The van der Waals surface area contributed by atoms with Crippen molar-refractivity contribution in [1.29, 1.82) is 0 Å². The molecular formula is C20H26FN5O2. The van der Waals surface area contributed by atoms with E-state index in [4.69, 9.17) is 10.5 Å². The second-order valence-electron chi connectivity index (χ2n) is 6.85. The zero-order valence-electron chi connectivity index (χ0n) is 15.2. The molecule has 0 spiro atoms. The number of aromatic nitrogens is 3. The highest BCUT2D eigenvalue weighted by Crippen LogP contribution is 2.17. The fourth-order valence-electron chi connectivity index (χ4n) is 2.54. The van der Waals surface area contributed by atoms with Crippen LogP contribution in [0.5, 0.6) is 0 Å². The lowest BCUT2D eigenvalue weighted by atomic mass is 10.1. The molecule has 3 N–H and O–H groups in total. The summed E-state index contributed by atoms with van der Waals surface area (Å²) in [6, 6.07) is 13.4. The molecular weight excluding hydrogens is 361 g/mol. The number of ether oxygens (including phenoxy) is 1. The molecule has 0 radical (unpaired) electrons. The lowest BCUT2D eigenvalue weighted by Crippen LogP contribution is -2.51. The van der Waals surface area contributed by atoms with Gasteiger partial charge in [-0.2, -0.15) is 4.39 Å². The van der Waals surface area contributed by atoms with E-state index in [9.17, 15) is 9.18 Å². The normalized spacial score (nSPS) is 12.4. The Kier molecular flexibility index (Phi) is 6.82. The summed E-state index contributed by atoms with van der Waals surface area (Å²) in [6.07, 6.45) is 0. The Balaban J connectivity index is 0.00000280. The molecule has 2 heterocycles. The Labute approximate surface area is 163 Å². The van der Waals surface area contributed by atoms with Crippen LogP contribution < -0.4 is 11.1 Å². The molecule has 0 bridgehead atoms. The molecule has 1 aromatic carbocycles. The largest absolute Gasteiger partial charge is 0.374 e. The minimum Gasteiger partial charge on any atom is -0.374 e. The van der Waals surface area contributed by atoms with Gasteiger partial charge < -0.3 is 15.8 Å². The van der Waals surface area contributed by atoms with Gasteiger partial charge in [0.25, 0.3) is 0 Å². The lowest BCUT2D eigenvalue weighted by molar-refractivity contribution is -0.126. The maximum absolute atomic E-state index is 14.3. The monoisotopic (exact) mass is 387 g/mol. The van der Waals surface area contributed by atoms with E-state index in [2.05, 4.69) is 15.5 Å². The number of benzene rings is 1. The van der Waals surface area contributed by atoms with Crippen molar-refractivity contribution < 1.29 is 13.9 Å². The van der Waals surface area contributed by atoms with Crippen molar-refractivity contribution in [3.8, 4) is 0 Å². The summed E-state index contributed by atoms with van der Waals surface area (Å²) in [5, 5.41) is 10.8. The van der Waals surface area contributed by atoms with E-state index < -0.39 is 23.4 Å². The SMILES string of the molecule is C.CC(C)(N)C(=O)N[C@H](COCc1ccccc1)c1nnc2cccc(F)n12. The Morgan fingerprint density at radius 1 is 1.21 bits per heavy atom. The molecule has 28 heavy (non-hydrogen) atoms. The number of halogens is 1. The van der Waals surface area contributed by atoms with Crippen molar-refractivity contribution in [3.63, 3.8) is 0 Å². The van der Waals surface area contributed by atoms with Crippen molar-refractivity contribution in [2.24, 2.45) is 5.73 Å². The highest BCUT2D eigenvalue weighted by Gasteiger charge is 2.28. The highest BCUT2D eigenvalue weighted by molar-refractivity contribution is 5.85. The van der Waals surface area contributed by atoms with Crippen LogP contribution in [0.2, 0.25) is 0 Å². The van der Waals surface area contributed by atoms with Crippen LogP contribution in [0.1, 0.15) is 38.7 Å². The van der Waals surface area contributed by atoms with Gasteiger partial charge in [-0.3, -0.25) is 9.20 Å². The van der Waals surface area contributed by atoms with E-state index >= 15 is 0 Å². The summed E-state index contributed by atoms with van der Waals surface area (Å²) in [7, 11) is 0. The van der Waals surface area contributed by atoms with Crippen molar-refractivity contribution in [2.75, 3.05) is 6.61 Å². The van der Waals surface area contributed by atoms with Gasteiger partial charge in [0.1, 0.15) is 6.04 Å². The quantitative estimate of drug-likeness (QED) is 0.608. The van der Waals surface area contributed by atoms with E-state index in [1.54, 1.807) is 26.0 Å². The minimum atomic E-state index is -1.10. The van der Waals surface area contributed by atoms with Crippen LogP contribution in [-0.2, 0) is 16.1 Å². The van der Waals surface area contributed by atoms with Gasteiger partial charge in [0, 0.05) is 0 Å². The van der Waals surface area contributed by atoms with E-state index in [1.165, 1.54) is 10.5 Å². The molecule has 0 aliphatic carbocycles. The highest BCUT2D eigenvalue weighted by atomic mass is 19.1. The molecule has 0 aliphatic rings. The Hall–Kier alpha value is -2.84. The van der Waals surface area contributed by atoms with Crippen molar-refractivity contribution in [1.82, 2.24) is 19.9 Å². The molecule has 0 unspecified atom stereocenters. The molecule has 1 amide bonds. The Bertz CT molecular complexity index is 921. The number of nitrogens with one attached hydrogen (secondary N) is 1. The van der Waals surface area contributed by atoms with Gasteiger partial charge in [-0.1, -0.05) is 43.8 Å². The van der Waals surface area contributed by atoms with Crippen molar-refractivity contribution in [2.45, 2.75) is 39.5 Å². The average Bonchev–Trinajstić information content (AvgIpc) is 3.06. The van der Waals surface area contributed by atoms with Crippen molar-refractivity contribution >= 4 is 11.6 Å². The van der Waals surface area contributed by atoms with Crippen LogP contribution in [0.15, 0.2) is 48.5 Å². The summed E-state index contributed by atoms with van der Waals surface area (Å²) in [6.45, 7) is 3.61. The van der Waals surface area contributed by atoms with Crippen molar-refractivity contribution in [3.05, 3.63) is 65.9 Å². The molecule has 0 saturated heterocycles. The predicted octanol–water partition coefficient (Wildman–Crippen LogP) is 2.62. The van der Waals surface area contributed by atoms with Crippen LogP contribution in [0, 0.1) is 5.95 Å². The number of amides is 1. The number of fused-ring (bicyclic) bond motifs is 1. The number of hydrogen-bond donors (Lipinski definition) is 2. The van der Waals surface area contributed by atoms with E-state index in [0.717, 1.165) is 5.56 Å². The van der Waals surface area contributed by atoms with Gasteiger partial charge in [-0.25, -0.2) is 0 Å². The summed E-state index contributed by atoms with van der Waals surface area (Å²) in [5.74, 6) is -0.681. The lowest BCUT2D eigenvalue weighted by Gasteiger charge is -2.23. The molecule has 3 aromatic rings. The van der Waals surface area contributed by atoms with Gasteiger partial charge >= 0.3 is 0 Å². The molecule has 0 saturated carbocycles. The molecule has 0 aliphatic heterocycles. The Morgan fingerprint density at radius 3 is 2.61 bits per heavy atom. The number of rotatable bonds is 7. The van der Waals surface area contributed by atoms with Crippen LogP contribution in [0.25, 0.3) is 5.65 Å². The standard InChI is InChI=1S/C19H22FN5O2.CH4/c1-19(2,21)18(26)22-14(12-27-11-13-7-4-3-5-8-13)17-24-23-16-10-6-9-15(20)25(16)17;/h3-10,14H,11-12,21H2,1-2H3,(H,22,26);1H4/t14-;/m1./s1. The first kappa shape index (κ1) is 21.5. The number of carbonyl (C=O) groups is 1. The van der Waals surface area contributed by atoms with Gasteiger partial charge in [0.2, 0.25) is 11.9 Å². The maximum Gasteiger partial charge on any atom is 0.240 e. The fourth-order valence-corrected chi connectivity index (χ4v) is 2.54. The smallest absolute Gasteiger partial charge is 0.240 e. The number of carbonyl (C=O) groups excluding carboxylic acids is 1. The topological polar surface area (TPSA) is 94.5 Å². The first-order chi connectivity index (χ1) is 12.9. The van der Waals surface area contributed by atoms with Crippen LogP contribution in [0.3, 0.4) is 0 Å². The number of pyridine rings is 1. The molecule has 8 heteroatoms. The third-order valence-corrected chi connectivity index (χ3v) is 4.00. The summed E-state index contributed by atoms with van der Waals surface area (Å²) in [4.78, 5) is 12.4. The Morgan fingerprint density at radius 2 is 1.93 bits per heavy atom. The molecule has 3 rings (SSSR count). The first-order valence-electron chi connectivity index (χ1n) is 8.57. The molecule has 7 nitrogen and oxygen atoms in total. The zero-order chi connectivity index (χ0) is 19.4. The first-order valence-corrected chi connectivity index (χ1v) is 8.57. The van der Waals surface area contributed by atoms with Crippen LogP contribution in [0.4, 0.5) is 4.39 Å². The van der Waals surface area contributed by atoms with Gasteiger partial charge in [0.15, 0.2) is 11.5 Å². The maximum atomic E-state index is 14.3. The van der Waals surface area contributed by atoms with E-state index in [1.807, 2.05) is 30.3 Å². The third-order valence-electron chi connectivity index (χ3n) is 4.00. The van der Waals surface area contributed by atoms with Gasteiger partial charge in [-0.15, -0.1) is 10.2 Å². The third kappa shape index (κ3) is 4.90. The van der Waals surface area contributed by atoms with Crippen LogP contribution in [-0.4, -0.2) is 32.7 Å². The number of nitrogens with zero attached hydrogens (tertiary/aromatic N) is 3. The van der Waals surface area contributed by atoms with Gasteiger partial charge in [-0.05, 0) is 31.5 Å². The summed E-state index contributed by atoms with van der Waals surface area (Å²) < 4.78 is 21.3. The summed E-state index contributed by atoms with van der Waals surface area (Å²) >= 11 is 0. The minimum absolute atomic E-state index is 0. The second kappa shape index (κ2) is 8.90. The second-order valence-corrected chi connectivity index (χ2v) is 6.85. The number of nitrogens with two attached hydrogens (primary N) is 1. The zero-order valence-corrected chi connectivity index (χ0v) is 15.2. The van der Waals surface area contributed by atoms with E-state index in [0.29, 0.717) is 12.3 Å². The molecule has 2 aromatic heterocycles.